The van der Waals surface area contributed by atoms with Crippen LogP contribution in [0.15, 0.2) is 114 Å². The van der Waals surface area contributed by atoms with Crippen molar-refractivity contribution in [3.8, 4) is 11.5 Å². The number of carbonyl (C=O) groups is 1. The van der Waals surface area contributed by atoms with Gasteiger partial charge < -0.3 is 24.6 Å². The number of aliphatic hydroxyl groups is 1. The predicted octanol–water partition coefficient (Wildman–Crippen LogP) is 6.31. The lowest BCUT2D eigenvalue weighted by atomic mass is 9.84. The summed E-state index contributed by atoms with van der Waals surface area (Å²) in [6.07, 6.45) is 4.50. The number of methoxy groups -OCH3 is 1. The maximum Gasteiger partial charge on any atom is 0.252 e. The zero-order chi connectivity index (χ0) is 31.5. The summed E-state index contributed by atoms with van der Waals surface area (Å²) < 4.78 is 31.2. The van der Waals surface area contributed by atoms with Crippen LogP contribution in [0.25, 0.3) is 6.08 Å². The van der Waals surface area contributed by atoms with E-state index in [1.165, 1.54) is 12.1 Å². The zero-order valence-electron chi connectivity index (χ0n) is 25.2. The third kappa shape index (κ3) is 7.96. The molecule has 7 nitrogen and oxygen atoms in total. The summed E-state index contributed by atoms with van der Waals surface area (Å²) in [5.41, 5.74) is 2.02. The van der Waals surface area contributed by atoms with Gasteiger partial charge in [0, 0.05) is 31.6 Å². The highest BCUT2D eigenvalue weighted by Gasteiger charge is 2.52. The van der Waals surface area contributed by atoms with Gasteiger partial charge in [-0.1, -0.05) is 66.7 Å². The average molecular weight is 609 g/mol. The SMILES string of the molecule is COc1cccc([C@H]2OC(c3ccc(OCCCO)cc3)=N[C@@]2(C/C=C/c2ccccc2)C(=O)NCCc2ccc(F)cc2)c1. The second-order valence-electron chi connectivity index (χ2n) is 10.7. The van der Waals surface area contributed by atoms with E-state index in [0.29, 0.717) is 49.0 Å². The quantitative estimate of drug-likeness (QED) is 0.164. The Balaban J connectivity index is 1.50. The number of carbonyl (C=O) groups excluding carboxylic acids is 1. The lowest BCUT2D eigenvalue weighted by molar-refractivity contribution is -0.128. The number of hydrogen-bond donors (Lipinski definition) is 2. The molecule has 0 fully saturated rings. The van der Waals surface area contributed by atoms with Crippen molar-refractivity contribution in [1.82, 2.24) is 5.32 Å². The van der Waals surface area contributed by atoms with Crippen molar-refractivity contribution in [2.45, 2.75) is 30.9 Å². The van der Waals surface area contributed by atoms with Gasteiger partial charge in [0.2, 0.25) is 5.90 Å². The van der Waals surface area contributed by atoms with Crippen molar-refractivity contribution in [3.05, 3.63) is 137 Å². The third-order valence-corrected chi connectivity index (χ3v) is 7.58. The molecule has 1 aliphatic heterocycles. The van der Waals surface area contributed by atoms with Gasteiger partial charge in [0.25, 0.3) is 5.91 Å². The Bertz CT molecular complexity index is 1610. The molecule has 4 aromatic carbocycles. The van der Waals surface area contributed by atoms with Crippen molar-refractivity contribution in [2.75, 3.05) is 26.9 Å². The van der Waals surface area contributed by atoms with Gasteiger partial charge in [-0.15, -0.1) is 0 Å². The van der Waals surface area contributed by atoms with Crippen LogP contribution in [0.1, 0.15) is 41.2 Å². The van der Waals surface area contributed by atoms with Crippen LogP contribution in [0.3, 0.4) is 0 Å². The van der Waals surface area contributed by atoms with E-state index >= 15 is 0 Å². The van der Waals surface area contributed by atoms with Gasteiger partial charge in [-0.3, -0.25) is 4.79 Å². The molecule has 1 heterocycles. The number of benzene rings is 4. The van der Waals surface area contributed by atoms with Gasteiger partial charge in [-0.05, 0) is 71.6 Å². The fourth-order valence-corrected chi connectivity index (χ4v) is 5.18. The van der Waals surface area contributed by atoms with Crippen LogP contribution in [0.5, 0.6) is 11.5 Å². The largest absolute Gasteiger partial charge is 0.497 e. The van der Waals surface area contributed by atoms with Gasteiger partial charge in [0.1, 0.15) is 17.3 Å². The molecule has 45 heavy (non-hydrogen) atoms. The molecule has 8 heteroatoms. The molecular weight excluding hydrogens is 571 g/mol. The molecule has 232 valence electrons. The van der Waals surface area contributed by atoms with Crippen LogP contribution in [0, 0.1) is 5.82 Å². The van der Waals surface area contributed by atoms with Gasteiger partial charge in [-0.2, -0.15) is 0 Å². The molecule has 0 aromatic heterocycles. The predicted molar refractivity (Wildman–Crippen MR) is 173 cm³/mol. The van der Waals surface area contributed by atoms with Gasteiger partial charge in [0.05, 0.1) is 13.7 Å². The molecule has 4 aromatic rings. The molecule has 0 saturated carbocycles. The topological polar surface area (TPSA) is 89.4 Å². The lowest BCUT2D eigenvalue weighted by Gasteiger charge is -2.30. The minimum Gasteiger partial charge on any atom is -0.497 e. The first kappa shape index (κ1) is 31.5. The summed E-state index contributed by atoms with van der Waals surface area (Å²) in [7, 11) is 1.60. The summed E-state index contributed by atoms with van der Waals surface area (Å²) in [6, 6.07) is 30.9. The minimum absolute atomic E-state index is 0.0567. The van der Waals surface area contributed by atoms with Crippen LogP contribution in [-0.2, 0) is 16.0 Å². The second kappa shape index (κ2) is 15.2. The molecular formula is C37H37FN2O5. The maximum atomic E-state index is 14.3. The zero-order valence-corrected chi connectivity index (χ0v) is 25.2. The van der Waals surface area contributed by atoms with E-state index in [9.17, 15) is 9.18 Å². The average Bonchev–Trinajstić information content (AvgIpc) is 3.47. The van der Waals surface area contributed by atoms with E-state index in [1.54, 1.807) is 19.2 Å². The first-order chi connectivity index (χ1) is 22.0. The number of aliphatic imine (C=N–C) groups is 1. The molecule has 0 unspecified atom stereocenters. The van der Waals surface area contributed by atoms with E-state index in [4.69, 9.17) is 24.3 Å². The number of hydrogen-bond acceptors (Lipinski definition) is 6. The van der Waals surface area contributed by atoms with Crippen molar-refractivity contribution >= 4 is 17.9 Å². The Morgan fingerprint density at radius 3 is 2.51 bits per heavy atom. The summed E-state index contributed by atoms with van der Waals surface area (Å²) in [6.45, 7) is 0.797. The molecule has 0 spiro atoms. The Morgan fingerprint density at radius 1 is 1.00 bits per heavy atom. The first-order valence-electron chi connectivity index (χ1n) is 15.0. The number of nitrogens with zero attached hydrogens (tertiary/aromatic N) is 1. The molecule has 1 aliphatic rings. The van der Waals surface area contributed by atoms with E-state index in [2.05, 4.69) is 5.32 Å². The Hall–Kier alpha value is -4.95. The van der Waals surface area contributed by atoms with Crippen LogP contribution in [0.2, 0.25) is 0 Å². The number of ether oxygens (including phenoxy) is 3. The molecule has 1 amide bonds. The normalized spacial score (nSPS) is 17.5. The van der Waals surface area contributed by atoms with Gasteiger partial charge >= 0.3 is 0 Å². The molecule has 5 rings (SSSR count). The summed E-state index contributed by atoms with van der Waals surface area (Å²) in [5.74, 6) is 1.05. The number of amides is 1. The molecule has 0 saturated heterocycles. The summed E-state index contributed by atoms with van der Waals surface area (Å²) in [4.78, 5) is 19.3. The monoisotopic (exact) mass is 608 g/mol. The van der Waals surface area contributed by atoms with Crippen LogP contribution in [0.4, 0.5) is 4.39 Å². The smallest absolute Gasteiger partial charge is 0.252 e. The summed E-state index contributed by atoms with van der Waals surface area (Å²) >= 11 is 0. The van der Waals surface area contributed by atoms with Crippen molar-refractivity contribution in [3.63, 3.8) is 0 Å². The fourth-order valence-electron chi connectivity index (χ4n) is 5.18. The molecule has 0 bridgehead atoms. The Kier molecular flexibility index (Phi) is 10.6. The Morgan fingerprint density at radius 2 is 1.78 bits per heavy atom. The number of aliphatic hydroxyl groups excluding tert-OH is 1. The van der Waals surface area contributed by atoms with Gasteiger partial charge in [-0.25, -0.2) is 9.38 Å². The molecule has 2 atom stereocenters. The first-order valence-corrected chi connectivity index (χ1v) is 15.0. The maximum absolute atomic E-state index is 14.3. The van der Waals surface area contributed by atoms with E-state index < -0.39 is 11.6 Å². The standard InChI is InChI=1S/C37H37FN2O5/c1-43-33-12-5-11-30(26-33)34-37(22-6-10-27-8-3-2-4-9-27,36(42)39-23-21-28-13-17-31(38)18-14-28)40-35(45-34)29-15-19-32(20-16-29)44-25-7-24-41/h2-6,8-20,26,34,41H,7,21-25H2,1H3,(H,39,42)/b10-6+/t34-,37-/m1/s1. The summed E-state index contributed by atoms with van der Waals surface area (Å²) in [5, 5.41) is 12.1. The van der Waals surface area contributed by atoms with Gasteiger partial charge in [0.15, 0.2) is 11.6 Å². The van der Waals surface area contributed by atoms with Crippen LogP contribution < -0.4 is 14.8 Å². The molecule has 0 aliphatic carbocycles. The third-order valence-electron chi connectivity index (χ3n) is 7.58. The minimum atomic E-state index is -1.34. The highest BCUT2D eigenvalue weighted by Crippen LogP contribution is 2.43. The number of rotatable bonds is 14. The lowest BCUT2D eigenvalue weighted by Crippen LogP contribution is -2.48. The number of halogens is 1. The van der Waals surface area contributed by atoms with E-state index in [-0.39, 0.29) is 24.8 Å². The Labute approximate surface area is 263 Å². The van der Waals surface area contributed by atoms with Crippen LogP contribution >= 0.6 is 0 Å². The second-order valence-corrected chi connectivity index (χ2v) is 10.7. The highest BCUT2D eigenvalue weighted by atomic mass is 19.1. The van der Waals surface area contributed by atoms with Crippen molar-refractivity contribution < 1.29 is 28.5 Å². The molecule has 0 radical (unpaired) electrons. The number of nitrogens with one attached hydrogen (secondary N) is 1. The fraction of sp³-hybridized carbons (Fsp3) is 0.243. The van der Waals surface area contributed by atoms with Crippen LogP contribution in [-0.4, -0.2) is 49.3 Å². The van der Waals surface area contributed by atoms with E-state index in [0.717, 1.165) is 16.7 Å². The van der Waals surface area contributed by atoms with E-state index in [1.807, 2.05) is 91.0 Å². The molecule has 2 N–H and O–H groups in total. The van der Waals surface area contributed by atoms with Crippen molar-refractivity contribution in [1.29, 1.82) is 0 Å². The van der Waals surface area contributed by atoms with Crippen molar-refractivity contribution in [2.24, 2.45) is 4.99 Å². The highest BCUT2D eigenvalue weighted by molar-refractivity contribution is 6.01.